The van der Waals surface area contributed by atoms with Gasteiger partial charge < -0.3 is 10.1 Å². The molecule has 0 fully saturated rings. The Bertz CT molecular complexity index is 1500. The Hall–Kier alpha value is -3.96. The predicted molar refractivity (Wildman–Crippen MR) is 136 cm³/mol. The molecule has 10 nitrogen and oxygen atoms in total. The molecule has 2 aromatic carbocycles. The summed E-state index contributed by atoms with van der Waals surface area (Å²) in [6.07, 6.45) is 1.61. The van der Waals surface area contributed by atoms with Gasteiger partial charge in [-0.3, -0.25) is 4.79 Å². The van der Waals surface area contributed by atoms with Gasteiger partial charge in [0.25, 0.3) is 15.9 Å². The molecule has 2 N–H and O–H groups in total. The molecule has 0 atom stereocenters. The van der Waals surface area contributed by atoms with E-state index in [-0.39, 0.29) is 23.3 Å². The van der Waals surface area contributed by atoms with Crippen LogP contribution in [0.5, 0.6) is 5.75 Å². The normalized spacial score (nSPS) is 11.2. The van der Waals surface area contributed by atoms with Crippen LogP contribution in [0, 0.1) is 20.8 Å². The van der Waals surface area contributed by atoms with Crippen molar-refractivity contribution >= 4 is 39.2 Å². The number of ether oxygens (including phenoxy) is 1. The first kappa shape index (κ1) is 25.1. The largest absolute Gasteiger partial charge is 0.470 e. The van der Waals surface area contributed by atoms with E-state index in [1.165, 1.54) is 28.9 Å². The summed E-state index contributed by atoms with van der Waals surface area (Å²) in [6.45, 7) is 5.50. The second kappa shape index (κ2) is 10.3. The van der Waals surface area contributed by atoms with Crippen LogP contribution in [-0.2, 0) is 16.8 Å². The summed E-state index contributed by atoms with van der Waals surface area (Å²) >= 11 is 6.13. The number of hydrogen-bond acceptors (Lipinski definition) is 7. The average molecular weight is 527 g/mol. The van der Waals surface area contributed by atoms with Gasteiger partial charge in [-0.15, -0.1) is 0 Å². The minimum atomic E-state index is -3.90. The topological polar surface area (TPSA) is 128 Å². The Morgan fingerprint density at radius 1 is 1.00 bits per heavy atom. The smallest absolute Gasteiger partial charge is 0.276 e. The number of carbonyl (C=O) groups excluding carboxylic acids is 1. The Balaban J connectivity index is 1.38. The second-order valence-corrected chi connectivity index (χ2v) is 10.1. The SMILES string of the molecule is Cc1ccc(Cl)c(OCn2ccc(C(=O)Nc3ccc(S(=O)(=O)Nc4nc(C)cc(C)n4)cc3)n2)c1. The van der Waals surface area contributed by atoms with Crippen molar-refractivity contribution in [3.05, 3.63) is 88.5 Å². The highest BCUT2D eigenvalue weighted by atomic mass is 35.5. The number of aromatic nitrogens is 4. The molecule has 0 radical (unpaired) electrons. The van der Waals surface area contributed by atoms with Gasteiger partial charge >= 0.3 is 0 Å². The monoisotopic (exact) mass is 526 g/mol. The van der Waals surface area contributed by atoms with Crippen molar-refractivity contribution in [3.8, 4) is 5.75 Å². The highest BCUT2D eigenvalue weighted by molar-refractivity contribution is 7.92. The molecule has 12 heteroatoms. The average Bonchev–Trinajstić information content (AvgIpc) is 3.28. The van der Waals surface area contributed by atoms with Crippen molar-refractivity contribution in [2.75, 3.05) is 10.0 Å². The van der Waals surface area contributed by atoms with E-state index >= 15 is 0 Å². The Morgan fingerprint density at radius 2 is 1.69 bits per heavy atom. The first-order valence-corrected chi connectivity index (χ1v) is 12.6. The van der Waals surface area contributed by atoms with Gasteiger partial charge in [0, 0.05) is 23.3 Å². The Kier molecular flexibility index (Phi) is 7.22. The zero-order valence-electron chi connectivity index (χ0n) is 19.7. The van der Waals surface area contributed by atoms with Crippen LogP contribution in [0.1, 0.15) is 27.4 Å². The summed E-state index contributed by atoms with van der Waals surface area (Å²) in [5.41, 5.74) is 2.86. The number of nitrogens with zero attached hydrogens (tertiary/aromatic N) is 4. The summed E-state index contributed by atoms with van der Waals surface area (Å²) in [5.74, 6) is 0.0561. The zero-order chi connectivity index (χ0) is 25.9. The molecule has 0 unspecified atom stereocenters. The third kappa shape index (κ3) is 6.18. The third-order valence-corrected chi connectivity index (χ3v) is 6.60. The van der Waals surface area contributed by atoms with Crippen molar-refractivity contribution in [2.45, 2.75) is 32.4 Å². The maximum Gasteiger partial charge on any atom is 0.276 e. The summed E-state index contributed by atoms with van der Waals surface area (Å²) in [6, 6.07) is 14.4. The van der Waals surface area contributed by atoms with Gasteiger partial charge in [0.05, 0.1) is 9.92 Å². The van der Waals surface area contributed by atoms with Crippen molar-refractivity contribution in [3.63, 3.8) is 0 Å². The van der Waals surface area contributed by atoms with E-state index in [2.05, 4.69) is 25.1 Å². The molecule has 0 saturated heterocycles. The third-order valence-electron chi connectivity index (χ3n) is 4.94. The number of benzene rings is 2. The maximum absolute atomic E-state index is 12.7. The van der Waals surface area contributed by atoms with Gasteiger partial charge in [0.2, 0.25) is 5.95 Å². The molecule has 0 spiro atoms. The standard InChI is InChI=1S/C24H23ClN6O4S/c1-15-4-9-20(25)22(12-15)35-14-31-11-10-21(29-31)23(32)28-18-5-7-19(8-6-18)36(33,34)30-24-26-16(2)13-17(3)27-24/h4-13H,14H2,1-3H3,(H,28,32)(H,26,27,30). The number of anilines is 2. The number of nitrogens with one attached hydrogen (secondary N) is 2. The summed E-state index contributed by atoms with van der Waals surface area (Å²) in [7, 11) is -3.90. The molecule has 0 saturated carbocycles. The van der Waals surface area contributed by atoms with Gasteiger partial charge in [-0.1, -0.05) is 17.7 Å². The van der Waals surface area contributed by atoms with Gasteiger partial charge in [-0.25, -0.2) is 27.8 Å². The molecular weight excluding hydrogens is 504 g/mol. The van der Waals surface area contributed by atoms with Gasteiger partial charge in [-0.05, 0) is 74.9 Å². The second-order valence-electron chi connectivity index (χ2n) is 8.01. The number of hydrogen-bond donors (Lipinski definition) is 2. The number of rotatable bonds is 8. The molecule has 2 heterocycles. The van der Waals surface area contributed by atoms with Crippen LogP contribution in [0.15, 0.2) is 65.7 Å². The van der Waals surface area contributed by atoms with Gasteiger partial charge in [-0.2, -0.15) is 5.10 Å². The molecule has 0 bridgehead atoms. The highest BCUT2D eigenvalue weighted by Crippen LogP contribution is 2.25. The minimum absolute atomic E-state index is 0.000468. The van der Waals surface area contributed by atoms with E-state index in [0.717, 1.165) is 5.56 Å². The van der Waals surface area contributed by atoms with Crippen molar-refractivity contribution < 1.29 is 17.9 Å². The van der Waals surface area contributed by atoms with E-state index in [4.69, 9.17) is 16.3 Å². The Morgan fingerprint density at radius 3 is 2.39 bits per heavy atom. The fourth-order valence-electron chi connectivity index (χ4n) is 3.27. The lowest BCUT2D eigenvalue weighted by Crippen LogP contribution is -2.16. The van der Waals surface area contributed by atoms with Crippen molar-refractivity contribution in [2.24, 2.45) is 0 Å². The molecule has 4 aromatic rings. The highest BCUT2D eigenvalue weighted by Gasteiger charge is 2.17. The lowest BCUT2D eigenvalue weighted by Gasteiger charge is -2.09. The summed E-state index contributed by atoms with van der Waals surface area (Å²) in [4.78, 5) is 20.8. The van der Waals surface area contributed by atoms with Crippen LogP contribution in [0.4, 0.5) is 11.6 Å². The fourth-order valence-corrected chi connectivity index (χ4v) is 4.39. The van der Waals surface area contributed by atoms with Crippen molar-refractivity contribution in [1.29, 1.82) is 0 Å². The van der Waals surface area contributed by atoms with E-state index < -0.39 is 15.9 Å². The molecule has 0 aliphatic carbocycles. The van der Waals surface area contributed by atoms with Crippen LogP contribution in [0.3, 0.4) is 0 Å². The number of aryl methyl sites for hydroxylation is 3. The fraction of sp³-hybridized carbons (Fsp3) is 0.167. The molecule has 1 amide bonds. The summed E-state index contributed by atoms with van der Waals surface area (Å²) in [5, 5.41) is 7.38. The van der Waals surface area contributed by atoms with Crippen LogP contribution in [-0.4, -0.2) is 34.1 Å². The van der Waals surface area contributed by atoms with Crippen LogP contribution in [0.25, 0.3) is 0 Å². The van der Waals surface area contributed by atoms with Gasteiger partial charge in [0.1, 0.15) is 5.75 Å². The predicted octanol–water partition coefficient (Wildman–Crippen LogP) is 4.34. The number of carbonyl (C=O) groups is 1. The van der Waals surface area contributed by atoms with Crippen LogP contribution in [0.2, 0.25) is 5.02 Å². The molecule has 0 aliphatic rings. The maximum atomic E-state index is 12.7. The van der Waals surface area contributed by atoms with Crippen molar-refractivity contribution in [1.82, 2.24) is 19.7 Å². The quantitative estimate of drug-likeness (QED) is 0.349. The number of halogens is 1. The number of amides is 1. The van der Waals surface area contributed by atoms with E-state index in [0.29, 0.717) is 27.8 Å². The van der Waals surface area contributed by atoms with E-state index in [1.807, 2.05) is 19.1 Å². The first-order chi connectivity index (χ1) is 17.1. The molecule has 36 heavy (non-hydrogen) atoms. The van der Waals surface area contributed by atoms with E-state index in [9.17, 15) is 13.2 Å². The summed E-state index contributed by atoms with van der Waals surface area (Å²) < 4.78 is 34.9. The molecule has 0 aliphatic heterocycles. The van der Waals surface area contributed by atoms with Crippen LogP contribution < -0.4 is 14.8 Å². The molecular formula is C24H23ClN6O4S. The number of sulfonamides is 1. The first-order valence-electron chi connectivity index (χ1n) is 10.8. The Labute approximate surface area is 213 Å². The van der Waals surface area contributed by atoms with E-state index in [1.54, 1.807) is 38.2 Å². The lowest BCUT2D eigenvalue weighted by atomic mass is 10.2. The zero-order valence-corrected chi connectivity index (χ0v) is 21.3. The minimum Gasteiger partial charge on any atom is -0.470 e. The molecule has 186 valence electrons. The van der Waals surface area contributed by atoms with Gasteiger partial charge in [0.15, 0.2) is 12.4 Å². The van der Waals surface area contributed by atoms with Crippen LogP contribution >= 0.6 is 11.6 Å². The molecule has 2 aromatic heterocycles. The lowest BCUT2D eigenvalue weighted by molar-refractivity contribution is 0.102. The molecule has 4 rings (SSSR count).